The van der Waals surface area contributed by atoms with Crippen molar-refractivity contribution in [2.45, 2.75) is 32.6 Å². The van der Waals surface area contributed by atoms with Crippen LogP contribution in [-0.2, 0) is 14.3 Å². The molecule has 0 atom stereocenters. The van der Waals surface area contributed by atoms with Crippen LogP contribution in [-0.4, -0.2) is 18.4 Å². The highest BCUT2D eigenvalue weighted by atomic mass is 16.5. The molecule has 0 amide bonds. The third-order valence-electron chi connectivity index (χ3n) is 3.14. The lowest BCUT2D eigenvalue weighted by Crippen LogP contribution is -2.08. The van der Waals surface area contributed by atoms with Crippen molar-refractivity contribution in [3.8, 4) is 0 Å². The number of ether oxygens (including phenoxy) is 1. The molecular weight excluding hydrogens is 216 g/mol. The number of hydrogen-bond acceptors (Lipinski definition) is 3. The quantitative estimate of drug-likeness (QED) is 0.542. The number of carbonyl (C=O) groups excluding carboxylic acids is 2. The Morgan fingerprint density at radius 2 is 2.06 bits per heavy atom. The van der Waals surface area contributed by atoms with E-state index >= 15 is 0 Å². The fourth-order valence-corrected chi connectivity index (χ4v) is 2.08. The second-order valence-electron chi connectivity index (χ2n) is 4.39. The topological polar surface area (TPSA) is 43.4 Å². The molecule has 0 radical (unpaired) electrons. The lowest BCUT2D eigenvalue weighted by Gasteiger charge is -2.11. The Kier molecular flexibility index (Phi) is 3.57. The molecule has 1 aliphatic heterocycles. The third-order valence-corrected chi connectivity index (χ3v) is 3.14. The highest BCUT2D eigenvalue weighted by Gasteiger charge is 2.18. The highest BCUT2D eigenvalue weighted by Crippen LogP contribution is 2.21. The van der Waals surface area contributed by atoms with E-state index in [-0.39, 0.29) is 11.8 Å². The molecule has 0 bridgehead atoms. The molecule has 0 saturated heterocycles. The summed E-state index contributed by atoms with van der Waals surface area (Å²) >= 11 is 0. The maximum atomic E-state index is 11.6. The molecule has 3 heteroatoms. The van der Waals surface area contributed by atoms with Gasteiger partial charge in [0.05, 0.1) is 5.57 Å². The molecule has 90 valence electrons. The van der Waals surface area contributed by atoms with Gasteiger partial charge in [-0.2, -0.15) is 0 Å². The minimum absolute atomic E-state index is 0.239. The van der Waals surface area contributed by atoms with Gasteiger partial charge in [-0.1, -0.05) is 12.2 Å². The molecule has 2 aliphatic rings. The summed E-state index contributed by atoms with van der Waals surface area (Å²) in [5, 5.41) is 0. The van der Waals surface area contributed by atoms with Crippen LogP contribution in [0.2, 0.25) is 0 Å². The van der Waals surface area contributed by atoms with Crippen molar-refractivity contribution in [2.75, 3.05) is 6.61 Å². The normalized spacial score (nSPS) is 23.9. The predicted molar refractivity (Wildman–Crippen MR) is 64.4 cm³/mol. The van der Waals surface area contributed by atoms with Gasteiger partial charge in [0.2, 0.25) is 0 Å². The number of hydrogen-bond donors (Lipinski definition) is 0. The zero-order chi connectivity index (χ0) is 12.3. The Labute approximate surface area is 101 Å². The average Bonchev–Trinajstić information content (AvgIpc) is 2.74. The van der Waals surface area contributed by atoms with Gasteiger partial charge in [-0.05, 0) is 43.4 Å². The fraction of sp³-hybridized carbons (Fsp3) is 0.429. The van der Waals surface area contributed by atoms with Crippen LogP contribution in [0.15, 0.2) is 34.9 Å². The first-order valence-corrected chi connectivity index (χ1v) is 5.97. The van der Waals surface area contributed by atoms with E-state index in [9.17, 15) is 9.59 Å². The van der Waals surface area contributed by atoms with Crippen molar-refractivity contribution < 1.29 is 14.3 Å². The van der Waals surface area contributed by atoms with Crippen molar-refractivity contribution in [2.24, 2.45) is 0 Å². The Bertz CT molecular complexity index is 438. The molecular formula is C14H16O3. The van der Waals surface area contributed by atoms with E-state index in [1.54, 1.807) is 6.08 Å². The fourth-order valence-electron chi connectivity index (χ4n) is 2.08. The number of esters is 1. The van der Waals surface area contributed by atoms with Gasteiger partial charge in [0.25, 0.3) is 0 Å². The molecule has 0 spiro atoms. The molecule has 0 aromatic carbocycles. The second kappa shape index (κ2) is 5.13. The zero-order valence-electron chi connectivity index (χ0n) is 9.99. The number of carbonyl (C=O) groups is 2. The molecule has 1 aliphatic carbocycles. The Morgan fingerprint density at radius 3 is 2.71 bits per heavy atom. The SMILES string of the molecule is C/C(=C\C=C1/CCCCC1=O)C1=CCOC1=O. The van der Waals surface area contributed by atoms with Gasteiger partial charge in [0, 0.05) is 6.42 Å². The maximum absolute atomic E-state index is 11.6. The van der Waals surface area contributed by atoms with Gasteiger partial charge in [0.15, 0.2) is 5.78 Å². The monoisotopic (exact) mass is 232 g/mol. The first-order chi connectivity index (χ1) is 8.18. The van der Waals surface area contributed by atoms with E-state index in [2.05, 4.69) is 0 Å². The van der Waals surface area contributed by atoms with Crippen LogP contribution in [0.3, 0.4) is 0 Å². The number of allylic oxidation sites excluding steroid dienone is 3. The highest BCUT2D eigenvalue weighted by molar-refractivity contribution is 5.97. The molecule has 17 heavy (non-hydrogen) atoms. The van der Waals surface area contributed by atoms with Crippen molar-refractivity contribution in [3.63, 3.8) is 0 Å². The Balaban J connectivity index is 2.11. The summed E-state index contributed by atoms with van der Waals surface area (Å²) in [5.41, 5.74) is 2.35. The van der Waals surface area contributed by atoms with Crippen molar-refractivity contribution >= 4 is 11.8 Å². The minimum atomic E-state index is -0.271. The van der Waals surface area contributed by atoms with Gasteiger partial charge in [0.1, 0.15) is 6.61 Å². The minimum Gasteiger partial charge on any atom is -0.458 e. The van der Waals surface area contributed by atoms with E-state index in [0.717, 1.165) is 30.4 Å². The summed E-state index contributed by atoms with van der Waals surface area (Å²) < 4.78 is 4.84. The molecule has 0 aromatic heterocycles. The largest absolute Gasteiger partial charge is 0.458 e. The Hall–Kier alpha value is -1.64. The van der Waals surface area contributed by atoms with E-state index < -0.39 is 0 Å². The lowest BCUT2D eigenvalue weighted by atomic mass is 9.93. The van der Waals surface area contributed by atoms with Gasteiger partial charge >= 0.3 is 5.97 Å². The van der Waals surface area contributed by atoms with Gasteiger partial charge in [-0.15, -0.1) is 0 Å². The van der Waals surface area contributed by atoms with E-state index in [4.69, 9.17) is 4.74 Å². The van der Waals surface area contributed by atoms with Crippen LogP contribution >= 0.6 is 0 Å². The number of ketones is 1. The molecule has 2 rings (SSSR count). The second-order valence-corrected chi connectivity index (χ2v) is 4.39. The number of cyclic esters (lactones) is 1. The van der Waals surface area contributed by atoms with Crippen molar-refractivity contribution in [1.82, 2.24) is 0 Å². The summed E-state index contributed by atoms with van der Waals surface area (Å²) in [7, 11) is 0. The number of Topliss-reactive ketones (excluding diaryl/α,β-unsaturated/α-hetero) is 1. The molecule has 1 saturated carbocycles. The molecule has 0 unspecified atom stereocenters. The van der Waals surface area contributed by atoms with Gasteiger partial charge < -0.3 is 4.74 Å². The molecule has 3 nitrogen and oxygen atoms in total. The Morgan fingerprint density at radius 1 is 1.29 bits per heavy atom. The van der Waals surface area contributed by atoms with E-state index in [0.29, 0.717) is 18.6 Å². The number of rotatable bonds is 2. The van der Waals surface area contributed by atoms with Crippen LogP contribution in [0.4, 0.5) is 0 Å². The summed E-state index contributed by atoms with van der Waals surface area (Å²) in [6, 6.07) is 0. The molecule has 1 heterocycles. The van der Waals surface area contributed by atoms with Gasteiger partial charge in [-0.3, -0.25) is 4.79 Å². The zero-order valence-corrected chi connectivity index (χ0v) is 9.99. The van der Waals surface area contributed by atoms with Crippen LogP contribution in [0.25, 0.3) is 0 Å². The third kappa shape index (κ3) is 2.73. The van der Waals surface area contributed by atoms with Crippen molar-refractivity contribution in [1.29, 1.82) is 0 Å². The van der Waals surface area contributed by atoms with Crippen molar-refractivity contribution in [3.05, 3.63) is 34.9 Å². The smallest absolute Gasteiger partial charge is 0.338 e. The van der Waals surface area contributed by atoms with Crippen LogP contribution in [0.5, 0.6) is 0 Å². The molecule has 0 aromatic rings. The lowest BCUT2D eigenvalue weighted by molar-refractivity contribution is -0.135. The van der Waals surface area contributed by atoms with Crippen LogP contribution in [0, 0.1) is 0 Å². The van der Waals surface area contributed by atoms with Gasteiger partial charge in [-0.25, -0.2) is 4.79 Å². The average molecular weight is 232 g/mol. The predicted octanol–water partition coefficient (Wildman–Crippen LogP) is 2.49. The van der Waals surface area contributed by atoms with E-state index in [1.807, 2.05) is 19.1 Å². The van der Waals surface area contributed by atoms with Crippen LogP contribution in [0.1, 0.15) is 32.6 Å². The summed E-state index contributed by atoms with van der Waals surface area (Å²) in [4.78, 5) is 22.9. The first-order valence-electron chi connectivity index (χ1n) is 5.97. The standard InChI is InChI=1S/C14H16O3/c1-10(12-8-9-17-14(12)16)6-7-11-4-2-3-5-13(11)15/h6-8H,2-5,9H2,1H3/b10-6+,11-7+. The first kappa shape index (κ1) is 11.8. The summed E-state index contributed by atoms with van der Waals surface area (Å²) in [5.74, 6) is -0.0320. The molecule has 0 N–H and O–H groups in total. The molecule has 1 fully saturated rings. The van der Waals surface area contributed by atoms with E-state index in [1.165, 1.54) is 0 Å². The summed E-state index contributed by atoms with van der Waals surface area (Å²) in [6.07, 6.45) is 9.05. The maximum Gasteiger partial charge on any atom is 0.338 e. The summed E-state index contributed by atoms with van der Waals surface area (Å²) in [6.45, 7) is 2.22. The van der Waals surface area contributed by atoms with Crippen LogP contribution < -0.4 is 0 Å².